The second kappa shape index (κ2) is 4.80. The van der Waals surface area contributed by atoms with Gasteiger partial charge in [-0.3, -0.25) is 9.69 Å². The van der Waals surface area contributed by atoms with Gasteiger partial charge in [-0.1, -0.05) is 29.8 Å². The van der Waals surface area contributed by atoms with Gasteiger partial charge in [0.25, 0.3) is 0 Å². The predicted octanol–water partition coefficient (Wildman–Crippen LogP) is 2.60. The number of amides is 1. The van der Waals surface area contributed by atoms with Gasteiger partial charge in [-0.05, 0) is 12.8 Å². The Hall–Kier alpha value is -0.840. The summed E-state index contributed by atoms with van der Waals surface area (Å²) in [5.74, 6) is 1.58. The van der Waals surface area contributed by atoms with Crippen LogP contribution in [0.2, 0.25) is 0 Å². The predicted molar refractivity (Wildman–Crippen MR) is 71.5 cm³/mol. The number of anilines is 1. The average Bonchev–Trinajstić information content (AvgIpc) is 2.83. The molecular weight excluding hydrogens is 282 g/mol. The lowest BCUT2D eigenvalue weighted by Crippen LogP contribution is -2.29. The summed E-state index contributed by atoms with van der Waals surface area (Å²) in [4.78, 5) is 14.0. The molecule has 1 aromatic heterocycles. The van der Waals surface area contributed by atoms with E-state index in [9.17, 15) is 4.79 Å². The lowest BCUT2D eigenvalue weighted by Gasteiger charge is -2.23. The van der Waals surface area contributed by atoms with Gasteiger partial charge in [0.1, 0.15) is 5.82 Å². The van der Waals surface area contributed by atoms with Crippen LogP contribution in [0.4, 0.5) is 5.82 Å². The Balaban J connectivity index is 2.28. The number of carbonyl (C=O) groups excluding carboxylic acids is 1. The van der Waals surface area contributed by atoms with Crippen LogP contribution in [0.3, 0.4) is 0 Å². The van der Waals surface area contributed by atoms with Crippen LogP contribution in [0.1, 0.15) is 33.2 Å². The monoisotopic (exact) mass is 299 g/mol. The molecule has 2 atom stereocenters. The summed E-state index contributed by atoms with van der Waals surface area (Å²) in [5, 5.41) is 4.35. The Labute approximate surface area is 110 Å². The zero-order valence-corrected chi connectivity index (χ0v) is 12.0. The van der Waals surface area contributed by atoms with Crippen LogP contribution >= 0.6 is 15.9 Å². The summed E-state index contributed by atoms with van der Waals surface area (Å²) in [6.07, 6.45) is 2.34. The first kappa shape index (κ1) is 12.6. The standard InChI is InChI=1S/C12H18BrN3O/c1-8(2)9(3)16-11(4-5-14-16)15-7-10(13)6-12(15)17/h4-5,8-10H,6-7H2,1-3H3. The van der Waals surface area contributed by atoms with Gasteiger partial charge in [0.05, 0.1) is 12.2 Å². The molecule has 0 bridgehead atoms. The lowest BCUT2D eigenvalue weighted by atomic mass is 10.1. The zero-order chi connectivity index (χ0) is 12.6. The van der Waals surface area contributed by atoms with Gasteiger partial charge in [-0.2, -0.15) is 5.10 Å². The molecule has 1 aromatic rings. The summed E-state index contributed by atoms with van der Waals surface area (Å²) in [6.45, 7) is 7.19. The SMILES string of the molecule is CC(C)C(C)n1nccc1N1CC(Br)CC1=O. The molecule has 2 heterocycles. The topological polar surface area (TPSA) is 38.1 Å². The van der Waals surface area contributed by atoms with E-state index < -0.39 is 0 Å². The highest BCUT2D eigenvalue weighted by atomic mass is 79.9. The maximum Gasteiger partial charge on any atom is 0.229 e. The van der Waals surface area contributed by atoms with E-state index in [0.29, 0.717) is 18.4 Å². The molecule has 1 fully saturated rings. The molecule has 0 spiro atoms. The first-order chi connectivity index (χ1) is 8.00. The second-order valence-corrected chi connectivity index (χ2v) is 6.22. The molecule has 94 valence electrons. The number of carbonyl (C=O) groups is 1. The third-order valence-electron chi connectivity index (χ3n) is 3.35. The molecule has 17 heavy (non-hydrogen) atoms. The van der Waals surface area contributed by atoms with Crippen LogP contribution in [0.25, 0.3) is 0 Å². The Morgan fingerprint density at radius 3 is 2.71 bits per heavy atom. The molecule has 0 radical (unpaired) electrons. The number of alkyl halides is 1. The second-order valence-electron chi connectivity index (χ2n) is 4.92. The number of hydrogen-bond acceptors (Lipinski definition) is 2. The summed E-state index contributed by atoms with van der Waals surface area (Å²) in [7, 11) is 0. The molecule has 2 rings (SSSR count). The van der Waals surface area contributed by atoms with Crippen molar-refractivity contribution in [3.63, 3.8) is 0 Å². The van der Waals surface area contributed by atoms with Crippen molar-refractivity contribution in [3.8, 4) is 0 Å². The summed E-state index contributed by atoms with van der Waals surface area (Å²) >= 11 is 3.50. The van der Waals surface area contributed by atoms with E-state index in [0.717, 1.165) is 12.4 Å². The summed E-state index contributed by atoms with van der Waals surface area (Å²) in [5.41, 5.74) is 0. The molecule has 0 N–H and O–H groups in total. The lowest BCUT2D eigenvalue weighted by molar-refractivity contribution is -0.117. The van der Waals surface area contributed by atoms with Gasteiger partial charge in [-0.25, -0.2) is 4.68 Å². The normalized spacial score (nSPS) is 22.5. The van der Waals surface area contributed by atoms with Gasteiger partial charge in [-0.15, -0.1) is 0 Å². The van der Waals surface area contributed by atoms with Gasteiger partial charge < -0.3 is 0 Å². The molecule has 0 aromatic carbocycles. The quantitative estimate of drug-likeness (QED) is 0.805. The van der Waals surface area contributed by atoms with Crippen LogP contribution in [-0.2, 0) is 4.79 Å². The maximum absolute atomic E-state index is 11.9. The van der Waals surface area contributed by atoms with E-state index in [1.165, 1.54) is 0 Å². The minimum absolute atomic E-state index is 0.171. The molecule has 1 amide bonds. The first-order valence-corrected chi connectivity index (χ1v) is 6.90. The van der Waals surface area contributed by atoms with Crippen molar-refractivity contribution >= 4 is 27.7 Å². The number of rotatable bonds is 3. The molecule has 0 saturated carbocycles. The van der Waals surface area contributed by atoms with Crippen molar-refractivity contribution in [2.75, 3.05) is 11.4 Å². The van der Waals surface area contributed by atoms with Crippen molar-refractivity contribution in [1.29, 1.82) is 0 Å². The van der Waals surface area contributed by atoms with Crippen LogP contribution in [0.5, 0.6) is 0 Å². The Morgan fingerprint density at radius 2 is 2.18 bits per heavy atom. The van der Waals surface area contributed by atoms with E-state index in [2.05, 4.69) is 41.8 Å². The van der Waals surface area contributed by atoms with Crippen molar-refractivity contribution in [1.82, 2.24) is 9.78 Å². The highest BCUT2D eigenvalue weighted by molar-refractivity contribution is 9.09. The van der Waals surface area contributed by atoms with Crippen molar-refractivity contribution in [2.24, 2.45) is 5.92 Å². The fourth-order valence-electron chi connectivity index (χ4n) is 2.00. The van der Waals surface area contributed by atoms with E-state index in [1.54, 1.807) is 6.20 Å². The Kier molecular flexibility index (Phi) is 3.56. The van der Waals surface area contributed by atoms with Gasteiger partial charge in [0, 0.05) is 23.9 Å². The van der Waals surface area contributed by atoms with E-state index in [-0.39, 0.29) is 10.7 Å². The minimum atomic E-state index is 0.171. The smallest absolute Gasteiger partial charge is 0.229 e. The first-order valence-electron chi connectivity index (χ1n) is 5.98. The van der Waals surface area contributed by atoms with Crippen LogP contribution < -0.4 is 4.90 Å². The average molecular weight is 300 g/mol. The maximum atomic E-state index is 11.9. The molecule has 1 aliphatic heterocycles. The fourth-order valence-corrected chi connectivity index (χ4v) is 2.57. The highest BCUT2D eigenvalue weighted by Gasteiger charge is 2.31. The van der Waals surface area contributed by atoms with Gasteiger partial charge in [0.15, 0.2) is 0 Å². The van der Waals surface area contributed by atoms with Crippen LogP contribution in [-0.4, -0.2) is 27.1 Å². The number of halogens is 1. The molecular formula is C12H18BrN3O. The Bertz CT molecular complexity index is 416. The zero-order valence-electron chi connectivity index (χ0n) is 10.4. The fraction of sp³-hybridized carbons (Fsp3) is 0.667. The molecule has 4 nitrogen and oxygen atoms in total. The largest absolute Gasteiger partial charge is 0.296 e. The van der Waals surface area contributed by atoms with Crippen LogP contribution in [0.15, 0.2) is 12.3 Å². The molecule has 5 heteroatoms. The summed E-state index contributed by atoms with van der Waals surface area (Å²) in [6, 6.07) is 2.21. The van der Waals surface area contributed by atoms with Crippen molar-refractivity contribution in [2.45, 2.75) is 38.1 Å². The molecule has 0 aliphatic carbocycles. The van der Waals surface area contributed by atoms with Crippen molar-refractivity contribution in [3.05, 3.63) is 12.3 Å². The minimum Gasteiger partial charge on any atom is -0.296 e. The number of nitrogens with zero attached hydrogens (tertiary/aromatic N) is 3. The molecule has 2 unspecified atom stereocenters. The number of hydrogen-bond donors (Lipinski definition) is 0. The van der Waals surface area contributed by atoms with Gasteiger partial charge >= 0.3 is 0 Å². The highest BCUT2D eigenvalue weighted by Crippen LogP contribution is 2.28. The third-order valence-corrected chi connectivity index (χ3v) is 3.97. The van der Waals surface area contributed by atoms with E-state index >= 15 is 0 Å². The third kappa shape index (κ3) is 2.39. The van der Waals surface area contributed by atoms with Crippen molar-refractivity contribution < 1.29 is 4.79 Å². The molecule has 1 aliphatic rings. The van der Waals surface area contributed by atoms with Gasteiger partial charge in [0.2, 0.25) is 5.91 Å². The summed E-state index contributed by atoms with van der Waals surface area (Å²) < 4.78 is 1.95. The van der Waals surface area contributed by atoms with Crippen LogP contribution in [0, 0.1) is 5.92 Å². The molecule has 1 saturated heterocycles. The van der Waals surface area contributed by atoms with E-state index in [1.807, 2.05) is 15.6 Å². The van der Waals surface area contributed by atoms with E-state index in [4.69, 9.17) is 0 Å². The Morgan fingerprint density at radius 1 is 1.47 bits per heavy atom. The number of aromatic nitrogens is 2.